The summed E-state index contributed by atoms with van der Waals surface area (Å²) in [6, 6.07) is 9.84. The van der Waals surface area contributed by atoms with Gasteiger partial charge in [0.1, 0.15) is 11.6 Å². The minimum atomic E-state index is -0.244. The third kappa shape index (κ3) is 4.39. The summed E-state index contributed by atoms with van der Waals surface area (Å²) >= 11 is 0. The zero-order valence-electron chi connectivity index (χ0n) is 12.1. The van der Waals surface area contributed by atoms with E-state index in [0.717, 1.165) is 11.3 Å². The number of nitrogens with zero attached hydrogens (tertiary/aromatic N) is 2. The van der Waals surface area contributed by atoms with Gasteiger partial charge in [-0.25, -0.2) is 4.39 Å². The number of benzene rings is 1. The van der Waals surface area contributed by atoms with Crippen LogP contribution in [0.15, 0.2) is 49.1 Å². The van der Waals surface area contributed by atoms with Crippen molar-refractivity contribution in [1.29, 1.82) is 0 Å². The first-order valence-corrected chi connectivity index (χ1v) is 6.81. The van der Waals surface area contributed by atoms with Crippen LogP contribution in [-0.2, 0) is 13.1 Å². The first-order valence-electron chi connectivity index (χ1n) is 6.81. The van der Waals surface area contributed by atoms with E-state index in [-0.39, 0.29) is 11.6 Å². The Morgan fingerprint density at radius 1 is 1.19 bits per heavy atom. The fraction of sp³-hybridized carbons (Fsp3) is 0.235. The molecule has 0 radical (unpaired) electrons. The van der Waals surface area contributed by atoms with Crippen molar-refractivity contribution in [2.75, 3.05) is 6.54 Å². The summed E-state index contributed by atoms with van der Waals surface area (Å²) < 4.78 is 12.9. The van der Waals surface area contributed by atoms with E-state index in [2.05, 4.69) is 16.5 Å². The van der Waals surface area contributed by atoms with Crippen molar-refractivity contribution in [1.82, 2.24) is 9.88 Å². The van der Waals surface area contributed by atoms with Gasteiger partial charge in [0.15, 0.2) is 0 Å². The summed E-state index contributed by atoms with van der Waals surface area (Å²) in [5, 5.41) is 9.89. The first kappa shape index (κ1) is 15.2. The van der Waals surface area contributed by atoms with Gasteiger partial charge < -0.3 is 5.11 Å². The van der Waals surface area contributed by atoms with Crippen molar-refractivity contribution in [3.05, 3.63) is 71.8 Å². The highest BCUT2D eigenvalue weighted by Crippen LogP contribution is 2.18. The van der Waals surface area contributed by atoms with Crippen LogP contribution in [0.4, 0.5) is 4.39 Å². The molecule has 2 rings (SSSR count). The number of pyridine rings is 1. The number of halogens is 1. The predicted molar refractivity (Wildman–Crippen MR) is 81.3 cm³/mol. The SMILES string of the molecule is C=CCN(Cc1ccc(F)cc1)Cc1nc(C)ccc1O. The van der Waals surface area contributed by atoms with Crippen molar-refractivity contribution in [2.45, 2.75) is 20.0 Å². The molecule has 0 bridgehead atoms. The van der Waals surface area contributed by atoms with Gasteiger partial charge in [0.05, 0.1) is 5.69 Å². The molecule has 0 fully saturated rings. The molecule has 1 aromatic carbocycles. The molecule has 0 saturated carbocycles. The molecule has 4 heteroatoms. The lowest BCUT2D eigenvalue weighted by molar-refractivity contribution is 0.277. The van der Waals surface area contributed by atoms with Crippen LogP contribution in [0.1, 0.15) is 17.0 Å². The summed E-state index contributed by atoms with van der Waals surface area (Å²) in [6.45, 7) is 7.45. The van der Waals surface area contributed by atoms with E-state index in [1.165, 1.54) is 12.1 Å². The van der Waals surface area contributed by atoms with Crippen LogP contribution in [0.5, 0.6) is 5.75 Å². The lowest BCUT2D eigenvalue weighted by Gasteiger charge is -2.21. The topological polar surface area (TPSA) is 36.4 Å². The highest BCUT2D eigenvalue weighted by molar-refractivity contribution is 5.27. The Kier molecular flexibility index (Phi) is 5.06. The summed E-state index contributed by atoms with van der Waals surface area (Å²) in [7, 11) is 0. The number of rotatable bonds is 6. The molecule has 0 saturated heterocycles. The standard InChI is InChI=1S/C17H19FN2O/c1-3-10-20(11-14-5-7-15(18)8-6-14)12-16-17(21)9-4-13(2)19-16/h3-9,21H,1,10-12H2,2H3. The third-order valence-corrected chi connectivity index (χ3v) is 3.17. The highest BCUT2D eigenvalue weighted by Gasteiger charge is 2.10. The van der Waals surface area contributed by atoms with Gasteiger partial charge in [-0.15, -0.1) is 6.58 Å². The summed E-state index contributed by atoms with van der Waals surface area (Å²) in [5.41, 5.74) is 2.51. The van der Waals surface area contributed by atoms with Crippen LogP contribution < -0.4 is 0 Å². The highest BCUT2D eigenvalue weighted by atomic mass is 19.1. The zero-order chi connectivity index (χ0) is 15.2. The Morgan fingerprint density at radius 2 is 1.90 bits per heavy atom. The predicted octanol–water partition coefficient (Wildman–Crippen LogP) is 3.42. The van der Waals surface area contributed by atoms with Gasteiger partial charge in [0.2, 0.25) is 0 Å². The first-order chi connectivity index (χ1) is 10.1. The molecule has 0 unspecified atom stereocenters. The van der Waals surface area contributed by atoms with Crippen LogP contribution in [0.25, 0.3) is 0 Å². The van der Waals surface area contributed by atoms with E-state index < -0.39 is 0 Å². The number of aryl methyl sites for hydroxylation is 1. The molecule has 2 aromatic rings. The minimum Gasteiger partial charge on any atom is -0.506 e. The molecule has 21 heavy (non-hydrogen) atoms. The summed E-state index contributed by atoms with van der Waals surface area (Å²) in [5.74, 6) is -0.0548. The van der Waals surface area contributed by atoms with E-state index in [0.29, 0.717) is 25.3 Å². The average molecular weight is 286 g/mol. The second-order valence-corrected chi connectivity index (χ2v) is 5.00. The average Bonchev–Trinajstić information content (AvgIpc) is 2.45. The van der Waals surface area contributed by atoms with Crippen molar-refractivity contribution < 1.29 is 9.50 Å². The Balaban J connectivity index is 2.13. The van der Waals surface area contributed by atoms with Crippen molar-refractivity contribution in [3.63, 3.8) is 0 Å². The molecule has 0 aliphatic rings. The lowest BCUT2D eigenvalue weighted by Crippen LogP contribution is -2.23. The van der Waals surface area contributed by atoms with E-state index >= 15 is 0 Å². The van der Waals surface area contributed by atoms with Gasteiger partial charge in [0, 0.05) is 25.3 Å². The smallest absolute Gasteiger partial charge is 0.138 e. The van der Waals surface area contributed by atoms with Crippen molar-refractivity contribution in [2.24, 2.45) is 0 Å². The molecular weight excluding hydrogens is 267 g/mol. The normalized spacial score (nSPS) is 10.8. The molecule has 0 atom stereocenters. The molecule has 0 spiro atoms. The van der Waals surface area contributed by atoms with Gasteiger partial charge in [-0.1, -0.05) is 18.2 Å². The van der Waals surface area contributed by atoms with E-state index in [9.17, 15) is 9.50 Å². The monoisotopic (exact) mass is 286 g/mol. The van der Waals surface area contributed by atoms with Crippen LogP contribution in [0.2, 0.25) is 0 Å². The maximum absolute atomic E-state index is 12.9. The second-order valence-electron chi connectivity index (χ2n) is 5.00. The second kappa shape index (κ2) is 6.99. The van der Waals surface area contributed by atoms with Crippen LogP contribution in [-0.4, -0.2) is 21.5 Å². The molecule has 0 amide bonds. The Bertz CT molecular complexity index is 611. The zero-order valence-corrected chi connectivity index (χ0v) is 12.1. The van der Waals surface area contributed by atoms with Crippen LogP contribution >= 0.6 is 0 Å². The molecule has 110 valence electrons. The number of hydrogen-bond acceptors (Lipinski definition) is 3. The molecular formula is C17H19FN2O. The Morgan fingerprint density at radius 3 is 2.57 bits per heavy atom. The van der Waals surface area contributed by atoms with E-state index in [4.69, 9.17) is 0 Å². The fourth-order valence-electron chi connectivity index (χ4n) is 2.15. The molecule has 1 aromatic heterocycles. The van der Waals surface area contributed by atoms with Gasteiger partial charge in [-0.3, -0.25) is 9.88 Å². The number of hydrogen-bond donors (Lipinski definition) is 1. The van der Waals surface area contributed by atoms with E-state index in [1.807, 2.05) is 6.92 Å². The minimum absolute atomic E-state index is 0.189. The molecule has 0 aliphatic heterocycles. The van der Waals surface area contributed by atoms with Crippen molar-refractivity contribution in [3.8, 4) is 5.75 Å². The molecule has 1 N–H and O–H groups in total. The summed E-state index contributed by atoms with van der Waals surface area (Å²) in [6.07, 6.45) is 1.80. The molecule has 0 aliphatic carbocycles. The fourth-order valence-corrected chi connectivity index (χ4v) is 2.15. The van der Waals surface area contributed by atoms with Gasteiger partial charge in [-0.05, 0) is 36.8 Å². The maximum atomic E-state index is 12.9. The number of aromatic hydroxyl groups is 1. The molecule has 1 heterocycles. The van der Waals surface area contributed by atoms with Gasteiger partial charge >= 0.3 is 0 Å². The van der Waals surface area contributed by atoms with E-state index in [1.54, 1.807) is 30.3 Å². The van der Waals surface area contributed by atoms with Gasteiger partial charge in [-0.2, -0.15) is 0 Å². The third-order valence-electron chi connectivity index (χ3n) is 3.17. The lowest BCUT2D eigenvalue weighted by atomic mass is 10.2. The molecule has 3 nitrogen and oxygen atoms in total. The van der Waals surface area contributed by atoms with Crippen LogP contribution in [0, 0.1) is 12.7 Å². The Labute approximate surface area is 124 Å². The number of aromatic nitrogens is 1. The van der Waals surface area contributed by atoms with Crippen molar-refractivity contribution >= 4 is 0 Å². The largest absolute Gasteiger partial charge is 0.506 e. The Hall–Kier alpha value is -2.20. The van der Waals surface area contributed by atoms with Gasteiger partial charge in [0.25, 0.3) is 0 Å². The quantitative estimate of drug-likeness (QED) is 0.827. The summed E-state index contributed by atoms with van der Waals surface area (Å²) in [4.78, 5) is 6.45. The maximum Gasteiger partial charge on any atom is 0.138 e. The van der Waals surface area contributed by atoms with Crippen LogP contribution in [0.3, 0.4) is 0 Å².